The van der Waals surface area contributed by atoms with E-state index in [2.05, 4.69) is 48.3 Å². The molecule has 1 aliphatic heterocycles. The molecule has 1 aromatic rings. The van der Waals surface area contributed by atoms with Crippen molar-refractivity contribution in [3.63, 3.8) is 0 Å². The van der Waals surface area contributed by atoms with Crippen LogP contribution >= 0.6 is 0 Å². The van der Waals surface area contributed by atoms with Gasteiger partial charge >= 0.3 is 0 Å². The summed E-state index contributed by atoms with van der Waals surface area (Å²) in [5.41, 5.74) is 1.95. The molecule has 1 aliphatic rings. The van der Waals surface area contributed by atoms with Gasteiger partial charge in [-0.1, -0.05) is 32.0 Å². The second-order valence-corrected chi connectivity index (χ2v) is 5.81. The third kappa shape index (κ3) is 3.03. The van der Waals surface area contributed by atoms with Gasteiger partial charge in [0.25, 0.3) is 0 Å². The van der Waals surface area contributed by atoms with Crippen LogP contribution in [0.25, 0.3) is 0 Å². The molecular weight excluding hydrogens is 224 g/mol. The van der Waals surface area contributed by atoms with E-state index < -0.39 is 5.60 Å². The molecule has 0 aliphatic carbocycles. The summed E-state index contributed by atoms with van der Waals surface area (Å²) in [4.78, 5) is 2.30. The van der Waals surface area contributed by atoms with Crippen LogP contribution in [0.1, 0.15) is 32.3 Å². The van der Waals surface area contributed by atoms with Crippen molar-refractivity contribution in [3.05, 3.63) is 29.8 Å². The van der Waals surface area contributed by atoms with Crippen LogP contribution in [0.2, 0.25) is 0 Å². The first-order valence-corrected chi connectivity index (χ1v) is 6.76. The second-order valence-electron chi connectivity index (χ2n) is 5.81. The van der Waals surface area contributed by atoms with Crippen LogP contribution in [0, 0.1) is 0 Å². The molecule has 100 valence electrons. The standard InChI is InChI=1S/C15H24N2O/c1-12(2)13-6-4-5-7-14(13)17-9-8-16-10-15(3,18)11-17/h4-7,12,16,18H,8-11H2,1-3H3. The number of anilines is 1. The minimum Gasteiger partial charge on any atom is -0.387 e. The van der Waals surface area contributed by atoms with Crippen LogP contribution in [-0.2, 0) is 0 Å². The summed E-state index contributed by atoms with van der Waals surface area (Å²) in [5, 5.41) is 13.6. The maximum atomic E-state index is 10.3. The summed E-state index contributed by atoms with van der Waals surface area (Å²) in [5.74, 6) is 0.502. The number of hydrogen-bond donors (Lipinski definition) is 2. The van der Waals surface area contributed by atoms with Gasteiger partial charge in [-0.2, -0.15) is 0 Å². The van der Waals surface area contributed by atoms with E-state index in [0.717, 1.165) is 13.1 Å². The SMILES string of the molecule is CC(C)c1ccccc1N1CCNCC(C)(O)C1. The Balaban J connectivity index is 2.29. The predicted molar refractivity (Wildman–Crippen MR) is 76.2 cm³/mol. The monoisotopic (exact) mass is 248 g/mol. The number of nitrogens with one attached hydrogen (secondary N) is 1. The fraction of sp³-hybridized carbons (Fsp3) is 0.600. The summed E-state index contributed by atoms with van der Waals surface area (Å²) in [7, 11) is 0. The Hall–Kier alpha value is -1.06. The molecule has 0 saturated carbocycles. The Labute approximate surface area is 110 Å². The lowest BCUT2D eigenvalue weighted by molar-refractivity contribution is 0.0729. The van der Waals surface area contributed by atoms with Crippen molar-refractivity contribution in [2.75, 3.05) is 31.1 Å². The van der Waals surface area contributed by atoms with Crippen molar-refractivity contribution in [3.8, 4) is 0 Å². The van der Waals surface area contributed by atoms with Crippen molar-refractivity contribution in [2.24, 2.45) is 0 Å². The molecular formula is C15H24N2O. The summed E-state index contributed by atoms with van der Waals surface area (Å²) >= 11 is 0. The van der Waals surface area contributed by atoms with Crippen molar-refractivity contribution in [2.45, 2.75) is 32.3 Å². The predicted octanol–water partition coefficient (Wildman–Crippen LogP) is 1.97. The van der Waals surface area contributed by atoms with E-state index in [0.29, 0.717) is 19.0 Å². The summed E-state index contributed by atoms with van der Waals surface area (Å²) < 4.78 is 0. The first-order chi connectivity index (χ1) is 8.49. The minimum atomic E-state index is -0.666. The first-order valence-electron chi connectivity index (χ1n) is 6.76. The molecule has 2 rings (SSSR count). The van der Waals surface area contributed by atoms with Gasteiger partial charge in [0.2, 0.25) is 0 Å². The largest absolute Gasteiger partial charge is 0.387 e. The third-order valence-corrected chi connectivity index (χ3v) is 3.50. The van der Waals surface area contributed by atoms with Gasteiger partial charge in [0.1, 0.15) is 0 Å². The molecule has 1 unspecified atom stereocenters. The maximum absolute atomic E-state index is 10.3. The normalized spacial score (nSPS) is 25.3. The van der Waals surface area contributed by atoms with E-state index in [1.165, 1.54) is 11.3 Å². The number of hydrogen-bond acceptors (Lipinski definition) is 3. The Morgan fingerprint density at radius 2 is 2.06 bits per heavy atom. The number of benzene rings is 1. The molecule has 1 aromatic carbocycles. The lowest BCUT2D eigenvalue weighted by Gasteiger charge is -2.31. The van der Waals surface area contributed by atoms with Crippen LogP contribution in [0.4, 0.5) is 5.69 Å². The third-order valence-electron chi connectivity index (χ3n) is 3.50. The smallest absolute Gasteiger partial charge is 0.0917 e. The minimum absolute atomic E-state index is 0.502. The molecule has 3 nitrogen and oxygen atoms in total. The highest BCUT2D eigenvalue weighted by Gasteiger charge is 2.27. The van der Waals surface area contributed by atoms with Crippen molar-refractivity contribution in [1.82, 2.24) is 5.32 Å². The zero-order valence-electron chi connectivity index (χ0n) is 11.6. The molecule has 1 atom stereocenters. The quantitative estimate of drug-likeness (QED) is 0.840. The van der Waals surface area contributed by atoms with Crippen LogP contribution < -0.4 is 10.2 Å². The van der Waals surface area contributed by atoms with Crippen molar-refractivity contribution >= 4 is 5.69 Å². The number of nitrogens with zero attached hydrogens (tertiary/aromatic N) is 1. The topological polar surface area (TPSA) is 35.5 Å². The van der Waals surface area contributed by atoms with Gasteiger partial charge in [0.15, 0.2) is 0 Å². The summed E-state index contributed by atoms with van der Waals surface area (Å²) in [6.07, 6.45) is 0. The highest BCUT2D eigenvalue weighted by Crippen LogP contribution is 2.28. The van der Waals surface area contributed by atoms with E-state index >= 15 is 0 Å². The fourth-order valence-corrected chi connectivity index (χ4v) is 2.59. The highest BCUT2D eigenvalue weighted by molar-refractivity contribution is 5.55. The molecule has 0 bridgehead atoms. The average Bonchev–Trinajstić information content (AvgIpc) is 2.50. The van der Waals surface area contributed by atoms with Crippen molar-refractivity contribution in [1.29, 1.82) is 0 Å². The number of para-hydroxylation sites is 1. The van der Waals surface area contributed by atoms with Gasteiger partial charge in [-0.15, -0.1) is 0 Å². The van der Waals surface area contributed by atoms with Gasteiger partial charge in [-0.3, -0.25) is 0 Å². The Kier molecular flexibility index (Phi) is 3.93. The highest BCUT2D eigenvalue weighted by atomic mass is 16.3. The lowest BCUT2D eigenvalue weighted by atomic mass is 9.99. The lowest BCUT2D eigenvalue weighted by Crippen LogP contribution is -2.43. The van der Waals surface area contributed by atoms with Crippen LogP contribution in [-0.4, -0.2) is 36.9 Å². The molecule has 0 amide bonds. The Bertz CT molecular complexity index is 401. The van der Waals surface area contributed by atoms with E-state index in [4.69, 9.17) is 0 Å². The molecule has 0 spiro atoms. The zero-order valence-corrected chi connectivity index (χ0v) is 11.6. The Morgan fingerprint density at radius 1 is 1.33 bits per heavy atom. The molecule has 2 N–H and O–H groups in total. The molecule has 1 fully saturated rings. The van der Waals surface area contributed by atoms with Gasteiger partial charge in [0.05, 0.1) is 5.60 Å². The summed E-state index contributed by atoms with van der Waals surface area (Å²) in [6.45, 7) is 9.54. The van der Waals surface area contributed by atoms with Gasteiger partial charge < -0.3 is 15.3 Å². The van der Waals surface area contributed by atoms with E-state index in [1.807, 2.05) is 6.92 Å². The zero-order chi connectivity index (χ0) is 13.2. The van der Waals surface area contributed by atoms with Crippen LogP contribution in [0.15, 0.2) is 24.3 Å². The van der Waals surface area contributed by atoms with Crippen LogP contribution in [0.3, 0.4) is 0 Å². The number of β-amino-alcohol motifs (C(OH)–C–C–N with tert-alkyl or cyclic N) is 1. The van der Waals surface area contributed by atoms with E-state index in [9.17, 15) is 5.11 Å². The van der Waals surface area contributed by atoms with Crippen LogP contribution in [0.5, 0.6) is 0 Å². The summed E-state index contributed by atoms with van der Waals surface area (Å²) in [6, 6.07) is 8.52. The number of aliphatic hydroxyl groups is 1. The maximum Gasteiger partial charge on any atom is 0.0917 e. The van der Waals surface area contributed by atoms with E-state index in [-0.39, 0.29) is 0 Å². The molecule has 1 heterocycles. The average molecular weight is 248 g/mol. The van der Waals surface area contributed by atoms with E-state index in [1.54, 1.807) is 0 Å². The molecule has 3 heteroatoms. The molecule has 18 heavy (non-hydrogen) atoms. The van der Waals surface area contributed by atoms with Gasteiger partial charge in [0, 0.05) is 31.9 Å². The second kappa shape index (κ2) is 5.29. The molecule has 0 radical (unpaired) electrons. The first kappa shape index (κ1) is 13.4. The molecule has 0 aromatic heterocycles. The Morgan fingerprint density at radius 3 is 2.78 bits per heavy atom. The molecule has 1 saturated heterocycles. The van der Waals surface area contributed by atoms with Gasteiger partial charge in [-0.05, 0) is 24.5 Å². The van der Waals surface area contributed by atoms with Gasteiger partial charge in [-0.25, -0.2) is 0 Å². The number of rotatable bonds is 2. The van der Waals surface area contributed by atoms with Crippen molar-refractivity contribution < 1.29 is 5.11 Å². The fourth-order valence-electron chi connectivity index (χ4n) is 2.59.